The number of carbonyl (C=O) groups is 2. The third-order valence-electron chi connectivity index (χ3n) is 2.44. The van der Waals surface area contributed by atoms with Crippen LogP contribution in [0.25, 0.3) is 0 Å². The summed E-state index contributed by atoms with van der Waals surface area (Å²) in [5.41, 5.74) is 7.50. The standard InChI is InChI=1S/C7H3ClF3NO.C7H6FNO.CH5N/c8-4-1-5(7(9,10)11)6(3-13)12-2-4;8-6-4-2-1-3-5(6)7(9)10;1-2/h1-3H;1-4H,(H2,9,10);2H2,1H3. The Morgan fingerprint density at radius 1 is 1.24 bits per heavy atom. The molecule has 0 saturated carbocycles. The molecule has 2 rings (SSSR count). The third kappa shape index (κ3) is 7.27. The smallest absolute Gasteiger partial charge is 0.366 e. The number of halogens is 5. The predicted octanol–water partition coefficient (Wildman–Crippen LogP) is 3.07. The molecule has 1 amide bonds. The van der Waals surface area contributed by atoms with Crippen molar-refractivity contribution in [2.75, 3.05) is 7.05 Å². The van der Waals surface area contributed by atoms with Gasteiger partial charge < -0.3 is 11.5 Å². The summed E-state index contributed by atoms with van der Waals surface area (Å²) in [5.74, 6) is -1.31. The fraction of sp³-hybridized carbons (Fsp3) is 0.133. The number of rotatable bonds is 2. The Balaban J connectivity index is 0.000000430. The number of hydrogen-bond donors (Lipinski definition) is 2. The van der Waals surface area contributed by atoms with Crippen LogP contribution in [-0.2, 0) is 6.18 Å². The second-order valence-corrected chi connectivity index (χ2v) is 4.48. The highest BCUT2D eigenvalue weighted by Crippen LogP contribution is 2.31. The van der Waals surface area contributed by atoms with Crippen molar-refractivity contribution in [2.45, 2.75) is 6.18 Å². The fourth-order valence-corrected chi connectivity index (χ4v) is 1.59. The van der Waals surface area contributed by atoms with E-state index < -0.39 is 29.2 Å². The zero-order chi connectivity index (χ0) is 19.6. The molecule has 4 N–H and O–H groups in total. The lowest BCUT2D eigenvalue weighted by molar-refractivity contribution is -0.138. The van der Waals surface area contributed by atoms with E-state index in [4.69, 9.17) is 17.3 Å². The molecule has 0 atom stereocenters. The van der Waals surface area contributed by atoms with E-state index in [1.807, 2.05) is 0 Å². The van der Waals surface area contributed by atoms with E-state index in [9.17, 15) is 27.2 Å². The Labute approximate surface area is 145 Å². The van der Waals surface area contributed by atoms with Gasteiger partial charge in [-0.1, -0.05) is 23.7 Å². The maximum Gasteiger partial charge on any atom is 0.418 e. The molecule has 25 heavy (non-hydrogen) atoms. The van der Waals surface area contributed by atoms with Gasteiger partial charge in [0, 0.05) is 6.20 Å². The number of nitrogens with zero attached hydrogens (tertiary/aromatic N) is 1. The Morgan fingerprint density at radius 3 is 2.20 bits per heavy atom. The molecule has 0 aliphatic carbocycles. The Kier molecular flexibility index (Phi) is 9.32. The van der Waals surface area contributed by atoms with Crippen LogP contribution in [-0.4, -0.2) is 24.2 Å². The highest BCUT2D eigenvalue weighted by Gasteiger charge is 2.34. The molecule has 0 aliphatic heterocycles. The Hall–Kier alpha value is -2.52. The third-order valence-corrected chi connectivity index (χ3v) is 2.65. The number of aldehydes is 1. The summed E-state index contributed by atoms with van der Waals surface area (Å²) < 4.78 is 49.0. The lowest BCUT2D eigenvalue weighted by Crippen LogP contribution is -2.12. The van der Waals surface area contributed by atoms with Gasteiger partial charge in [0.2, 0.25) is 0 Å². The van der Waals surface area contributed by atoms with Gasteiger partial charge in [0.05, 0.1) is 16.1 Å². The van der Waals surface area contributed by atoms with E-state index in [1.54, 1.807) is 6.07 Å². The number of alkyl halides is 3. The second kappa shape index (κ2) is 10.4. The number of benzene rings is 1. The molecule has 1 aromatic heterocycles. The number of aromatic nitrogens is 1. The summed E-state index contributed by atoms with van der Waals surface area (Å²) in [4.78, 5) is 23.8. The molecule has 5 nitrogen and oxygen atoms in total. The summed E-state index contributed by atoms with van der Waals surface area (Å²) in [6.07, 6.45) is -3.58. The quantitative estimate of drug-likeness (QED) is 0.618. The predicted molar refractivity (Wildman–Crippen MR) is 84.7 cm³/mol. The van der Waals surface area contributed by atoms with E-state index in [0.29, 0.717) is 6.07 Å². The van der Waals surface area contributed by atoms with Crippen molar-refractivity contribution in [2.24, 2.45) is 11.5 Å². The number of amides is 1. The van der Waals surface area contributed by atoms with Crippen LogP contribution in [0.1, 0.15) is 26.4 Å². The summed E-state index contributed by atoms with van der Waals surface area (Å²) >= 11 is 5.30. The Morgan fingerprint density at radius 2 is 1.80 bits per heavy atom. The molecule has 136 valence electrons. The first kappa shape index (κ1) is 22.5. The SMILES string of the molecule is CN.NC(=O)c1ccccc1F.O=Cc1ncc(Cl)cc1C(F)(F)F. The molecular formula is C15H14ClF4N3O2. The normalized spacial score (nSPS) is 9.88. The van der Waals surface area contributed by atoms with Gasteiger partial charge >= 0.3 is 6.18 Å². The zero-order valence-electron chi connectivity index (χ0n) is 12.8. The van der Waals surface area contributed by atoms with Crippen LogP contribution in [0, 0.1) is 5.82 Å². The van der Waals surface area contributed by atoms with Gasteiger partial charge in [0.15, 0.2) is 6.29 Å². The molecule has 0 aliphatic rings. The van der Waals surface area contributed by atoms with Crippen molar-refractivity contribution >= 4 is 23.8 Å². The van der Waals surface area contributed by atoms with Crippen LogP contribution < -0.4 is 11.5 Å². The zero-order valence-corrected chi connectivity index (χ0v) is 13.6. The van der Waals surface area contributed by atoms with Gasteiger partial charge in [-0.2, -0.15) is 13.2 Å². The van der Waals surface area contributed by atoms with Crippen molar-refractivity contribution in [3.05, 3.63) is 64.2 Å². The topological polar surface area (TPSA) is 99.1 Å². The van der Waals surface area contributed by atoms with Crippen molar-refractivity contribution < 1.29 is 27.2 Å². The number of hydrogen-bond acceptors (Lipinski definition) is 4. The molecular weight excluding hydrogens is 366 g/mol. The van der Waals surface area contributed by atoms with E-state index in [0.717, 1.165) is 6.20 Å². The summed E-state index contributed by atoms with van der Waals surface area (Å²) in [6, 6.07) is 6.26. The average molecular weight is 380 g/mol. The molecule has 0 radical (unpaired) electrons. The second-order valence-electron chi connectivity index (χ2n) is 4.05. The molecule has 0 fully saturated rings. The van der Waals surface area contributed by atoms with Crippen LogP contribution in [0.3, 0.4) is 0 Å². The molecule has 0 bridgehead atoms. The number of pyridine rings is 1. The van der Waals surface area contributed by atoms with Gasteiger partial charge in [0.1, 0.15) is 11.5 Å². The minimum Gasteiger partial charge on any atom is -0.366 e. The molecule has 10 heteroatoms. The molecule has 2 aromatic rings. The van der Waals surface area contributed by atoms with Crippen LogP contribution in [0.5, 0.6) is 0 Å². The van der Waals surface area contributed by atoms with Gasteiger partial charge in [-0.05, 0) is 25.2 Å². The van der Waals surface area contributed by atoms with Crippen molar-refractivity contribution in [1.29, 1.82) is 0 Å². The molecule has 1 aromatic carbocycles. The van der Waals surface area contributed by atoms with Crippen molar-refractivity contribution in [1.82, 2.24) is 4.98 Å². The minimum absolute atomic E-state index is 0.0408. The average Bonchev–Trinajstić information content (AvgIpc) is 2.56. The largest absolute Gasteiger partial charge is 0.418 e. The summed E-state index contributed by atoms with van der Waals surface area (Å²) in [6.45, 7) is 0. The minimum atomic E-state index is -4.60. The van der Waals surface area contributed by atoms with Crippen LogP contribution in [0.2, 0.25) is 5.02 Å². The Bertz CT molecular complexity index is 724. The van der Waals surface area contributed by atoms with Gasteiger partial charge in [0.25, 0.3) is 5.91 Å². The maximum atomic E-state index is 12.5. The fourth-order valence-electron chi connectivity index (χ4n) is 1.43. The van der Waals surface area contributed by atoms with Crippen molar-refractivity contribution in [3.63, 3.8) is 0 Å². The van der Waals surface area contributed by atoms with E-state index in [-0.39, 0.29) is 16.9 Å². The first-order chi connectivity index (χ1) is 11.7. The molecule has 0 unspecified atom stereocenters. The first-order valence-electron chi connectivity index (χ1n) is 6.46. The monoisotopic (exact) mass is 379 g/mol. The number of carbonyl (C=O) groups excluding carboxylic acids is 2. The lowest BCUT2D eigenvalue weighted by Gasteiger charge is -2.07. The summed E-state index contributed by atoms with van der Waals surface area (Å²) in [7, 11) is 1.50. The lowest BCUT2D eigenvalue weighted by atomic mass is 10.2. The van der Waals surface area contributed by atoms with Crippen LogP contribution in [0.4, 0.5) is 17.6 Å². The molecule has 1 heterocycles. The highest BCUT2D eigenvalue weighted by molar-refractivity contribution is 6.30. The molecule has 0 spiro atoms. The first-order valence-corrected chi connectivity index (χ1v) is 6.84. The van der Waals surface area contributed by atoms with Crippen LogP contribution in [0.15, 0.2) is 36.5 Å². The van der Waals surface area contributed by atoms with Crippen LogP contribution >= 0.6 is 11.6 Å². The number of primary amides is 1. The van der Waals surface area contributed by atoms with Gasteiger partial charge in [-0.15, -0.1) is 0 Å². The van der Waals surface area contributed by atoms with Gasteiger partial charge in [-0.3, -0.25) is 14.6 Å². The van der Waals surface area contributed by atoms with E-state index in [2.05, 4.69) is 10.7 Å². The van der Waals surface area contributed by atoms with Gasteiger partial charge in [-0.25, -0.2) is 4.39 Å². The highest BCUT2D eigenvalue weighted by atomic mass is 35.5. The number of nitrogens with two attached hydrogens (primary N) is 2. The summed E-state index contributed by atoms with van der Waals surface area (Å²) in [5, 5.41) is -0.155. The van der Waals surface area contributed by atoms with E-state index >= 15 is 0 Å². The molecule has 0 saturated heterocycles. The van der Waals surface area contributed by atoms with Crippen molar-refractivity contribution in [3.8, 4) is 0 Å². The maximum absolute atomic E-state index is 12.5. The van der Waals surface area contributed by atoms with E-state index in [1.165, 1.54) is 25.2 Å².